The number of unbranched alkanes of at least 4 members (excludes halogenated alkanes) is 14. The first-order chi connectivity index (χ1) is 41.0. The molecule has 0 aliphatic heterocycles. The molecule has 462 valence electrons. The zero-order valence-electron chi connectivity index (χ0n) is 52.9. The summed E-state index contributed by atoms with van der Waals surface area (Å²) in [5.74, 6) is -1.01. The zero-order valence-corrected chi connectivity index (χ0v) is 52.9. The van der Waals surface area contributed by atoms with E-state index in [0.717, 1.165) is 167 Å². The summed E-state index contributed by atoms with van der Waals surface area (Å²) in [7, 11) is 0. The van der Waals surface area contributed by atoms with Gasteiger partial charge in [0.25, 0.3) is 0 Å². The van der Waals surface area contributed by atoms with E-state index in [9.17, 15) is 14.4 Å². The Morgan fingerprint density at radius 2 is 0.482 bits per heavy atom. The first-order valence-electron chi connectivity index (χ1n) is 32.9. The molecular weight excluding hydrogens is 1020 g/mol. The zero-order chi connectivity index (χ0) is 59.9. The molecule has 0 bridgehead atoms. The van der Waals surface area contributed by atoms with Gasteiger partial charge in [-0.25, -0.2) is 0 Å². The number of hydrogen-bond acceptors (Lipinski definition) is 6. The fourth-order valence-corrected chi connectivity index (χ4v) is 8.19. The molecule has 0 aromatic heterocycles. The summed E-state index contributed by atoms with van der Waals surface area (Å²) in [5.41, 5.74) is 0. The molecule has 0 heterocycles. The van der Waals surface area contributed by atoms with Crippen molar-refractivity contribution in [2.45, 2.75) is 258 Å². The third-order valence-corrected chi connectivity index (χ3v) is 13.1. The van der Waals surface area contributed by atoms with Crippen molar-refractivity contribution in [3.8, 4) is 0 Å². The number of carbonyl (C=O) groups excluding carboxylic acids is 3. The van der Waals surface area contributed by atoms with Crippen LogP contribution in [0.3, 0.4) is 0 Å². The lowest BCUT2D eigenvalue weighted by Gasteiger charge is -2.18. The van der Waals surface area contributed by atoms with Gasteiger partial charge in [-0.2, -0.15) is 0 Å². The SMILES string of the molecule is CC/C=C\C/C=C\C/C=C\C/C=C\C/C=C\C/C=C\C/C=C\C/C=C\C/C=C\CCCC(=O)OCC(COC(=O)CCCCCCC/C=C\CCCC)OC(=O)CCCCCCCC/C=C\C/C=C\C/C=C\C/C=C\C/C=C\C/C=C\CC. The van der Waals surface area contributed by atoms with Crippen LogP contribution < -0.4 is 0 Å². The van der Waals surface area contributed by atoms with Crippen LogP contribution in [0.5, 0.6) is 0 Å². The topological polar surface area (TPSA) is 78.9 Å². The number of rotatable bonds is 57. The van der Waals surface area contributed by atoms with Crippen LogP contribution in [0.25, 0.3) is 0 Å². The molecule has 6 nitrogen and oxygen atoms in total. The first kappa shape index (κ1) is 77.2. The van der Waals surface area contributed by atoms with Crippen molar-refractivity contribution in [3.05, 3.63) is 194 Å². The molecule has 0 rings (SSSR count). The second kappa shape index (κ2) is 68.7. The summed E-state index contributed by atoms with van der Waals surface area (Å²) in [5, 5.41) is 0. The summed E-state index contributed by atoms with van der Waals surface area (Å²) in [6.45, 7) is 6.29. The Hall–Kier alpha value is -5.75. The Morgan fingerprint density at radius 1 is 0.253 bits per heavy atom. The summed E-state index contributed by atoms with van der Waals surface area (Å²) in [6.07, 6.45) is 104. The van der Waals surface area contributed by atoms with E-state index in [-0.39, 0.29) is 44.0 Å². The maximum Gasteiger partial charge on any atom is 0.306 e. The third kappa shape index (κ3) is 66.9. The van der Waals surface area contributed by atoms with Gasteiger partial charge in [0.2, 0.25) is 0 Å². The molecular formula is C77H118O6. The molecule has 1 unspecified atom stereocenters. The lowest BCUT2D eigenvalue weighted by atomic mass is 10.1. The minimum atomic E-state index is -0.826. The number of ether oxygens (including phenoxy) is 3. The van der Waals surface area contributed by atoms with Gasteiger partial charge in [0.15, 0.2) is 6.10 Å². The van der Waals surface area contributed by atoms with Crippen molar-refractivity contribution in [2.75, 3.05) is 13.2 Å². The van der Waals surface area contributed by atoms with Crippen LogP contribution in [-0.2, 0) is 28.6 Å². The number of hydrogen-bond donors (Lipinski definition) is 0. The van der Waals surface area contributed by atoms with Gasteiger partial charge in [-0.3, -0.25) is 14.4 Å². The highest BCUT2D eigenvalue weighted by Gasteiger charge is 2.19. The molecule has 0 aliphatic rings. The summed E-state index contributed by atoms with van der Waals surface area (Å²) in [6, 6.07) is 0. The van der Waals surface area contributed by atoms with E-state index in [1.807, 2.05) is 0 Å². The fourth-order valence-electron chi connectivity index (χ4n) is 8.19. The van der Waals surface area contributed by atoms with Crippen molar-refractivity contribution >= 4 is 17.9 Å². The van der Waals surface area contributed by atoms with Gasteiger partial charge >= 0.3 is 17.9 Å². The van der Waals surface area contributed by atoms with Gasteiger partial charge in [0.05, 0.1) is 0 Å². The van der Waals surface area contributed by atoms with E-state index in [0.29, 0.717) is 12.8 Å². The molecule has 0 radical (unpaired) electrons. The molecule has 0 aliphatic carbocycles. The van der Waals surface area contributed by atoms with Crippen LogP contribution in [0.2, 0.25) is 0 Å². The Morgan fingerprint density at radius 3 is 0.795 bits per heavy atom. The fraction of sp³-hybridized carbons (Fsp3) is 0.545. The Bertz CT molecular complexity index is 1990. The lowest BCUT2D eigenvalue weighted by molar-refractivity contribution is -0.167. The Labute approximate surface area is 509 Å². The minimum absolute atomic E-state index is 0.117. The third-order valence-electron chi connectivity index (χ3n) is 13.1. The Balaban J connectivity index is 4.47. The number of carbonyl (C=O) groups is 3. The maximum atomic E-state index is 12.9. The second-order valence-corrected chi connectivity index (χ2v) is 20.9. The van der Waals surface area contributed by atoms with Crippen molar-refractivity contribution < 1.29 is 28.6 Å². The van der Waals surface area contributed by atoms with Gasteiger partial charge in [-0.15, -0.1) is 0 Å². The Kier molecular flexibility index (Phi) is 64.0. The van der Waals surface area contributed by atoms with Gasteiger partial charge in [0, 0.05) is 19.3 Å². The summed E-state index contributed by atoms with van der Waals surface area (Å²) < 4.78 is 16.8. The van der Waals surface area contributed by atoms with Gasteiger partial charge in [-0.1, -0.05) is 273 Å². The van der Waals surface area contributed by atoms with Crippen LogP contribution in [-0.4, -0.2) is 37.2 Å². The predicted octanol–water partition coefficient (Wildman–Crippen LogP) is 23.0. The van der Waals surface area contributed by atoms with Crippen LogP contribution in [0.15, 0.2) is 194 Å². The van der Waals surface area contributed by atoms with Crippen molar-refractivity contribution in [1.29, 1.82) is 0 Å². The highest BCUT2D eigenvalue weighted by molar-refractivity contribution is 5.71. The molecule has 0 aromatic carbocycles. The van der Waals surface area contributed by atoms with Crippen molar-refractivity contribution in [1.82, 2.24) is 0 Å². The monoisotopic (exact) mass is 1140 g/mol. The molecule has 0 aromatic rings. The number of esters is 3. The van der Waals surface area contributed by atoms with Crippen LogP contribution in [0, 0.1) is 0 Å². The second-order valence-electron chi connectivity index (χ2n) is 20.9. The number of allylic oxidation sites excluding steroid dienone is 32. The summed E-state index contributed by atoms with van der Waals surface area (Å²) >= 11 is 0. The van der Waals surface area contributed by atoms with E-state index in [2.05, 4.69) is 215 Å². The minimum Gasteiger partial charge on any atom is -0.462 e. The molecule has 0 saturated heterocycles. The molecule has 0 N–H and O–H groups in total. The van der Waals surface area contributed by atoms with E-state index in [1.165, 1.54) is 38.5 Å². The molecule has 0 fully saturated rings. The van der Waals surface area contributed by atoms with E-state index in [4.69, 9.17) is 14.2 Å². The van der Waals surface area contributed by atoms with E-state index < -0.39 is 6.10 Å². The standard InChI is InChI=1S/C77H118O6/c1-4-7-10-13-16-19-22-24-26-28-30-32-34-36-37-38-39-41-42-44-46-48-50-52-55-58-61-64-67-70-76(79)82-73-74(72-81-75(78)69-66-63-60-57-54-21-18-15-12-9-6-3)83-77(80)71-68-65-62-59-56-53-51-49-47-45-43-40-35-33-31-29-27-25-23-20-17-14-11-8-5-2/h7-8,10-11,15-20,24-27,30-33,36-37,39-41,43-44,46-47,49-50,52,58,61,74H,4-6,9,12-14,21-23,28-29,34-35,38,42,45,48,51,53-57,59-60,62-73H2,1-3H3/b10-7-,11-8-,18-15-,19-16-,20-17-,26-24-,27-25-,32-30-,33-31-,37-36-,41-39-,43-40-,46-44-,49-47-,52-50-,61-58-. The van der Waals surface area contributed by atoms with Crippen LogP contribution in [0.4, 0.5) is 0 Å². The highest BCUT2D eigenvalue weighted by atomic mass is 16.6. The normalized spacial score (nSPS) is 13.4. The van der Waals surface area contributed by atoms with Crippen LogP contribution in [0.1, 0.15) is 252 Å². The average Bonchev–Trinajstić information content (AvgIpc) is 3.48. The van der Waals surface area contributed by atoms with Crippen molar-refractivity contribution in [3.63, 3.8) is 0 Å². The first-order valence-corrected chi connectivity index (χ1v) is 32.9. The van der Waals surface area contributed by atoms with E-state index >= 15 is 0 Å². The van der Waals surface area contributed by atoms with Gasteiger partial charge in [0.1, 0.15) is 13.2 Å². The highest BCUT2D eigenvalue weighted by Crippen LogP contribution is 2.13. The molecule has 1 atom stereocenters. The quantitative estimate of drug-likeness (QED) is 0.0261. The molecule has 6 heteroatoms. The van der Waals surface area contributed by atoms with Crippen LogP contribution >= 0.6 is 0 Å². The van der Waals surface area contributed by atoms with E-state index in [1.54, 1.807) is 0 Å². The molecule has 0 amide bonds. The molecule has 0 spiro atoms. The lowest BCUT2D eigenvalue weighted by Crippen LogP contribution is -2.30. The average molecular weight is 1140 g/mol. The van der Waals surface area contributed by atoms with Gasteiger partial charge < -0.3 is 14.2 Å². The largest absolute Gasteiger partial charge is 0.462 e. The smallest absolute Gasteiger partial charge is 0.306 e. The molecule has 0 saturated carbocycles. The van der Waals surface area contributed by atoms with Gasteiger partial charge in [-0.05, 0) is 154 Å². The molecule has 83 heavy (non-hydrogen) atoms. The maximum absolute atomic E-state index is 12.9. The summed E-state index contributed by atoms with van der Waals surface area (Å²) in [4.78, 5) is 38.3. The predicted molar refractivity (Wildman–Crippen MR) is 361 cm³/mol. The van der Waals surface area contributed by atoms with Crippen molar-refractivity contribution in [2.24, 2.45) is 0 Å².